The van der Waals surface area contributed by atoms with Gasteiger partial charge in [-0.25, -0.2) is 4.98 Å². The average Bonchev–Trinajstić information content (AvgIpc) is 2.56. The quantitative estimate of drug-likeness (QED) is 0.690. The van der Waals surface area contributed by atoms with E-state index in [0.717, 1.165) is 11.6 Å². The fourth-order valence-electron chi connectivity index (χ4n) is 0.347. The van der Waals surface area contributed by atoms with Gasteiger partial charge in [-0.1, -0.05) is 13.0 Å². The molecule has 1 N–H and O–H groups in total. The third-order valence-corrected chi connectivity index (χ3v) is 1.73. The molecular weight excluding hydrogens is 156 g/mol. The zero-order chi connectivity index (χ0) is 8.53. The standard InChI is InChI=1S/C4H6N2S.C4H8/c1-5-4-6-2-3-7-4;1-3-4-2/h2-3H,1H3,(H,5,6);3H,1,4H2,2H3. The van der Waals surface area contributed by atoms with Crippen LogP contribution < -0.4 is 5.32 Å². The summed E-state index contributed by atoms with van der Waals surface area (Å²) < 4.78 is 0. The van der Waals surface area contributed by atoms with E-state index in [1.807, 2.05) is 18.5 Å². The first-order valence-corrected chi connectivity index (χ1v) is 4.41. The Morgan fingerprint density at radius 1 is 1.82 bits per heavy atom. The predicted octanol–water partition coefficient (Wildman–Crippen LogP) is 2.77. The van der Waals surface area contributed by atoms with Crippen LogP contribution in [-0.4, -0.2) is 12.0 Å². The number of nitrogens with zero attached hydrogens (tertiary/aromatic N) is 1. The van der Waals surface area contributed by atoms with Crippen LogP contribution in [0.1, 0.15) is 13.3 Å². The molecule has 0 bridgehead atoms. The third-order valence-electron chi connectivity index (χ3n) is 0.935. The van der Waals surface area contributed by atoms with Gasteiger partial charge in [0.05, 0.1) is 0 Å². The second-order valence-electron chi connectivity index (χ2n) is 1.78. The summed E-state index contributed by atoms with van der Waals surface area (Å²) in [6, 6.07) is 0. The van der Waals surface area contributed by atoms with E-state index in [9.17, 15) is 0 Å². The normalized spacial score (nSPS) is 7.82. The zero-order valence-electron chi connectivity index (χ0n) is 7.00. The van der Waals surface area contributed by atoms with Crippen LogP contribution in [0.25, 0.3) is 0 Å². The highest BCUT2D eigenvalue weighted by Crippen LogP contribution is 2.07. The summed E-state index contributed by atoms with van der Waals surface area (Å²) in [6.45, 7) is 5.54. The van der Waals surface area contributed by atoms with Crippen LogP contribution in [0.3, 0.4) is 0 Å². The molecule has 0 atom stereocenters. The molecule has 0 aromatic carbocycles. The van der Waals surface area contributed by atoms with Crippen molar-refractivity contribution in [2.75, 3.05) is 12.4 Å². The molecular formula is C8H14N2S. The first-order valence-electron chi connectivity index (χ1n) is 3.53. The van der Waals surface area contributed by atoms with Crippen molar-refractivity contribution in [1.29, 1.82) is 0 Å². The van der Waals surface area contributed by atoms with Gasteiger partial charge in [0.1, 0.15) is 0 Å². The number of hydrogen-bond donors (Lipinski definition) is 1. The molecule has 1 aromatic heterocycles. The molecule has 1 heterocycles. The van der Waals surface area contributed by atoms with Crippen molar-refractivity contribution in [3.63, 3.8) is 0 Å². The van der Waals surface area contributed by atoms with Crippen molar-refractivity contribution < 1.29 is 0 Å². The number of nitrogens with one attached hydrogen (secondary N) is 1. The van der Waals surface area contributed by atoms with Gasteiger partial charge in [0.15, 0.2) is 5.13 Å². The summed E-state index contributed by atoms with van der Waals surface area (Å²) in [6.07, 6.45) is 4.73. The van der Waals surface area contributed by atoms with Gasteiger partial charge < -0.3 is 5.32 Å². The van der Waals surface area contributed by atoms with Crippen molar-refractivity contribution in [2.45, 2.75) is 13.3 Å². The lowest BCUT2D eigenvalue weighted by Gasteiger charge is -1.84. The summed E-state index contributed by atoms with van der Waals surface area (Å²) in [7, 11) is 1.86. The minimum absolute atomic E-state index is 0.972. The Kier molecular flexibility index (Phi) is 6.73. The van der Waals surface area contributed by atoms with Gasteiger partial charge in [0, 0.05) is 18.6 Å². The maximum atomic E-state index is 3.94. The minimum Gasteiger partial charge on any atom is -0.365 e. The third kappa shape index (κ3) is 5.61. The van der Waals surface area contributed by atoms with Crippen LogP contribution in [0.5, 0.6) is 0 Å². The molecule has 0 aliphatic carbocycles. The Balaban J connectivity index is 0.000000218. The number of anilines is 1. The SMILES string of the molecule is C=CCC.CNc1nccs1. The van der Waals surface area contributed by atoms with E-state index in [2.05, 4.69) is 23.8 Å². The first-order chi connectivity index (χ1) is 5.35. The lowest BCUT2D eigenvalue weighted by Crippen LogP contribution is -1.83. The predicted molar refractivity (Wildman–Crippen MR) is 52.1 cm³/mol. The smallest absolute Gasteiger partial charge is 0.182 e. The maximum absolute atomic E-state index is 3.94. The zero-order valence-corrected chi connectivity index (χ0v) is 7.82. The number of aromatic nitrogens is 1. The molecule has 0 amide bonds. The molecule has 62 valence electrons. The summed E-state index contributed by atoms with van der Waals surface area (Å²) >= 11 is 1.60. The van der Waals surface area contributed by atoms with Gasteiger partial charge in [-0.2, -0.15) is 0 Å². The van der Waals surface area contributed by atoms with E-state index < -0.39 is 0 Å². The largest absolute Gasteiger partial charge is 0.365 e. The van der Waals surface area contributed by atoms with Gasteiger partial charge in [-0.3, -0.25) is 0 Å². The molecule has 2 nitrogen and oxygen atoms in total. The molecule has 1 aromatic rings. The van der Waals surface area contributed by atoms with E-state index in [1.165, 1.54) is 0 Å². The summed E-state index contributed by atoms with van der Waals surface area (Å²) in [5.74, 6) is 0. The van der Waals surface area contributed by atoms with E-state index in [0.29, 0.717) is 0 Å². The van der Waals surface area contributed by atoms with Crippen molar-refractivity contribution in [2.24, 2.45) is 0 Å². The van der Waals surface area contributed by atoms with Crippen LogP contribution in [0, 0.1) is 0 Å². The van der Waals surface area contributed by atoms with Crippen LogP contribution >= 0.6 is 11.3 Å². The highest BCUT2D eigenvalue weighted by molar-refractivity contribution is 7.13. The Bertz CT molecular complexity index is 170. The van der Waals surface area contributed by atoms with Crippen LogP contribution in [0.15, 0.2) is 24.2 Å². The van der Waals surface area contributed by atoms with Gasteiger partial charge in [0.25, 0.3) is 0 Å². The number of allylic oxidation sites excluding steroid dienone is 1. The molecule has 0 spiro atoms. The lowest BCUT2D eigenvalue weighted by molar-refractivity contribution is 1.23. The minimum atomic E-state index is 0.972. The second kappa shape index (κ2) is 7.28. The topological polar surface area (TPSA) is 24.9 Å². The molecule has 3 heteroatoms. The van der Waals surface area contributed by atoms with Crippen molar-refractivity contribution in [3.8, 4) is 0 Å². The Morgan fingerprint density at radius 2 is 2.45 bits per heavy atom. The lowest BCUT2D eigenvalue weighted by atomic mass is 10.5. The van der Waals surface area contributed by atoms with Crippen molar-refractivity contribution >= 4 is 16.5 Å². The van der Waals surface area contributed by atoms with Crippen LogP contribution in [-0.2, 0) is 0 Å². The molecule has 0 aliphatic rings. The summed E-state index contributed by atoms with van der Waals surface area (Å²) in [5.41, 5.74) is 0. The monoisotopic (exact) mass is 170 g/mol. The van der Waals surface area contributed by atoms with E-state index in [1.54, 1.807) is 17.5 Å². The van der Waals surface area contributed by atoms with Crippen molar-refractivity contribution in [1.82, 2.24) is 4.98 Å². The van der Waals surface area contributed by atoms with E-state index in [4.69, 9.17) is 0 Å². The van der Waals surface area contributed by atoms with Crippen molar-refractivity contribution in [3.05, 3.63) is 24.2 Å². The highest BCUT2D eigenvalue weighted by Gasteiger charge is 1.82. The number of rotatable bonds is 2. The highest BCUT2D eigenvalue weighted by atomic mass is 32.1. The molecule has 0 saturated heterocycles. The Morgan fingerprint density at radius 3 is 2.64 bits per heavy atom. The fourth-order valence-corrected chi connectivity index (χ4v) is 0.837. The molecule has 1 rings (SSSR count). The maximum Gasteiger partial charge on any atom is 0.182 e. The van der Waals surface area contributed by atoms with E-state index in [-0.39, 0.29) is 0 Å². The molecule has 11 heavy (non-hydrogen) atoms. The summed E-state index contributed by atoms with van der Waals surface area (Å²) in [4.78, 5) is 3.94. The fraction of sp³-hybridized carbons (Fsp3) is 0.375. The second-order valence-corrected chi connectivity index (χ2v) is 2.68. The number of thiazole rings is 1. The van der Waals surface area contributed by atoms with Gasteiger partial charge in [-0.15, -0.1) is 17.9 Å². The average molecular weight is 170 g/mol. The van der Waals surface area contributed by atoms with Gasteiger partial charge in [0.2, 0.25) is 0 Å². The Hall–Kier alpha value is -0.830. The Labute approximate surface area is 72.0 Å². The number of hydrogen-bond acceptors (Lipinski definition) is 3. The summed E-state index contributed by atoms with van der Waals surface area (Å²) in [5, 5.41) is 5.82. The van der Waals surface area contributed by atoms with Crippen LogP contribution in [0.4, 0.5) is 5.13 Å². The molecule has 0 unspecified atom stereocenters. The van der Waals surface area contributed by atoms with Gasteiger partial charge in [-0.05, 0) is 6.42 Å². The molecule has 0 saturated carbocycles. The first kappa shape index (κ1) is 10.2. The molecule has 0 fully saturated rings. The molecule has 0 radical (unpaired) electrons. The molecule has 0 aliphatic heterocycles. The van der Waals surface area contributed by atoms with Crippen LogP contribution in [0.2, 0.25) is 0 Å². The van der Waals surface area contributed by atoms with Gasteiger partial charge >= 0.3 is 0 Å². The van der Waals surface area contributed by atoms with E-state index >= 15 is 0 Å².